The van der Waals surface area contributed by atoms with Crippen LogP contribution in [0.2, 0.25) is 0 Å². The van der Waals surface area contributed by atoms with Crippen LogP contribution in [0.1, 0.15) is 6.92 Å². The first kappa shape index (κ1) is 5.54. The van der Waals surface area contributed by atoms with Crippen LogP contribution in [-0.2, 0) is 0 Å². The normalized spacial score (nSPS) is 27.2. The number of alkyl halides is 1. The Kier molecular flexibility index (Phi) is 1.46. The van der Waals surface area contributed by atoms with E-state index in [1.165, 1.54) is 4.90 Å². The van der Waals surface area contributed by atoms with Gasteiger partial charge in [-0.1, -0.05) is 0 Å². The Morgan fingerprint density at radius 3 is 2.88 bits per heavy atom. The molecule has 8 heavy (non-hydrogen) atoms. The molecule has 1 rings (SSSR count). The Morgan fingerprint density at radius 1 is 1.88 bits per heavy atom. The molecular formula is C5H6FN2. The van der Waals surface area contributed by atoms with Crippen molar-refractivity contribution in [2.24, 2.45) is 4.99 Å². The Labute approximate surface area is 48.0 Å². The van der Waals surface area contributed by atoms with Crippen LogP contribution in [0.5, 0.6) is 0 Å². The lowest BCUT2D eigenvalue weighted by Crippen LogP contribution is -2.14. The summed E-state index contributed by atoms with van der Waals surface area (Å²) in [4.78, 5) is 4.88. The minimum Gasteiger partial charge on any atom is -0.313 e. The van der Waals surface area contributed by atoms with E-state index in [1.54, 1.807) is 0 Å². The first-order chi connectivity index (χ1) is 3.83. The van der Waals surface area contributed by atoms with E-state index in [-0.39, 0.29) is 6.04 Å². The number of aliphatic imine (C=N–C) groups is 1. The van der Waals surface area contributed by atoms with Gasteiger partial charge < -0.3 is 4.90 Å². The molecule has 0 bridgehead atoms. The van der Waals surface area contributed by atoms with Crippen LogP contribution in [0.3, 0.4) is 0 Å². The predicted octanol–water partition coefficient (Wildman–Crippen LogP) is 0.562. The molecule has 1 atom stereocenters. The van der Waals surface area contributed by atoms with E-state index >= 15 is 0 Å². The fourth-order valence-corrected chi connectivity index (χ4v) is 0.501. The van der Waals surface area contributed by atoms with Crippen molar-refractivity contribution in [3.8, 4) is 0 Å². The molecule has 0 saturated carbocycles. The predicted molar refractivity (Wildman–Crippen MR) is 28.0 cm³/mol. The van der Waals surface area contributed by atoms with Crippen LogP contribution in [0.15, 0.2) is 4.99 Å². The van der Waals surface area contributed by atoms with E-state index in [0.29, 0.717) is 0 Å². The second kappa shape index (κ2) is 2.11. The monoisotopic (exact) mass is 113 g/mol. The highest BCUT2D eigenvalue weighted by Crippen LogP contribution is 2.06. The largest absolute Gasteiger partial charge is 0.313 e. The first-order valence-electron chi connectivity index (χ1n) is 2.38. The highest BCUT2D eigenvalue weighted by molar-refractivity contribution is 5.59. The molecule has 1 aliphatic heterocycles. The lowest BCUT2D eigenvalue weighted by atomic mass is 10.4. The molecule has 0 aliphatic carbocycles. The molecule has 0 aromatic heterocycles. The van der Waals surface area contributed by atoms with E-state index < -0.39 is 6.80 Å². The second-order valence-corrected chi connectivity index (χ2v) is 1.58. The van der Waals surface area contributed by atoms with Gasteiger partial charge in [-0.2, -0.15) is 0 Å². The van der Waals surface area contributed by atoms with Crippen LogP contribution in [-0.4, -0.2) is 24.1 Å². The van der Waals surface area contributed by atoms with Crippen LogP contribution in [0, 0.1) is 6.54 Å². The molecule has 43 valence electrons. The summed E-state index contributed by atoms with van der Waals surface area (Å²) in [7, 11) is 0. The van der Waals surface area contributed by atoms with Gasteiger partial charge in [0.25, 0.3) is 0 Å². The quantitative estimate of drug-likeness (QED) is 0.454. The van der Waals surface area contributed by atoms with Crippen LogP contribution in [0.4, 0.5) is 4.39 Å². The summed E-state index contributed by atoms with van der Waals surface area (Å²) in [5.41, 5.74) is 0. The molecule has 0 N–H and O–H groups in total. The average molecular weight is 113 g/mol. The molecule has 1 heterocycles. The zero-order valence-electron chi connectivity index (χ0n) is 4.56. The third-order valence-electron chi connectivity index (χ3n) is 0.834. The molecule has 2 nitrogen and oxygen atoms in total. The molecule has 0 fully saturated rings. The van der Waals surface area contributed by atoms with Gasteiger partial charge in [-0.15, -0.1) is 0 Å². The second-order valence-electron chi connectivity index (χ2n) is 1.58. The van der Waals surface area contributed by atoms with Gasteiger partial charge in [0, 0.05) is 0 Å². The Balaban J connectivity index is 2.34. The van der Waals surface area contributed by atoms with Crippen molar-refractivity contribution >= 4 is 6.34 Å². The van der Waals surface area contributed by atoms with Crippen LogP contribution < -0.4 is 0 Å². The number of hydrogen-bond donors (Lipinski definition) is 0. The minimum atomic E-state index is -0.576. The number of rotatable bonds is 1. The Morgan fingerprint density at radius 2 is 2.62 bits per heavy atom. The minimum absolute atomic E-state index is 0.0225. The van der Waals surface area contributed by atoms with Gasteiger partial charge in [0.2, 0.25) is 0 Å². The van der Waals surface area contributed by atoms with Crippen molar-refractivity contribution in [3.63, 3.8) is 0 Å². The van der Waals surface area contributed by atoms with Crippen molar-refractivity contribution in [3.05, 3.63) is 6.54 Å². The van der Waals surface area contributed by atoms with Gasteiger partial charge in [0.15, 0.2) is 13.1 Å². The molecular weight excluding hydrogens is 107 g/mol. The number of halogens is 1. The molecule has 0 saturated heterocycles. The molecule has 3 heteroatoms. The van der Waals surface area contributed by atoms with Gasteiger partial charge in [-0.3, -0.25) is 4.99 Å². The summed E-state index contributed by atoms with van der Waals surface area (Å²) in [6.07, 6.45) is 2.43. The van der Waals surface area contributed by atoms with Gasteiger partial charge in [0.1, 0.15) is 6.54 Å². The first-order valence-corrected chi connectivity index (χ1v) is 2.38. The molecule has 0 spiro atoms. The van der Waals surface area contributed by atoms with Crippen molar-refractivity contribution < 1.29 is 4.39 Å². The zero-order chi connectivity index (χ0) is 5.98. The molecule has 0 aromatic rings. The fourth-order valence-electron chi connectivity index (χ4n) is 0.501. The van der Waals surface area contributed by atoms with Crippen LogP contribution >= 0.6 is 0 Å². The van der Waals surface area contributed by atoms with Crippen LogP contribution in [0.25, 0.3) is 0 Å². The van der Waals surface area contributed by atoms with Gasteiger partial charge in [-0.05, 0) is 6.92 Å². The van der Waals surface area contributed by atoms with Crippen molar-refractivity contribution in [1.82, 2.24) is 4.90 Å². The highest BCUT2D eigenvalue weighted by Gasteiger charge is 2.13. The van der Waals surface area contributed by atoms with E-state index in [4.69, 9.17) is 0 Å². The standard InChI is InChI=1S/C5H6FN2/c1-5-2-8(3-6)4-7-5/h5H,3H2,1H3. The van der Waals surface area contributed by atoms with E-state index in [9.17, 15) is 4.39 Å². The maximum absolute atomic E-state index is 11.6. The van der Waals surface area contributed by atoms with Crippen molar-refractivity contribution in [2.45, 2.75) is 13.0 Å². The van der Waals surface area contributed by atoms with Gasteiger partial charge in [0.05, 0.1) is 6.04 Å². The maximum Gasteiger partial charge on any atom is 0.170 e. The fraction of sp³-hybridized carbons (Fsp3) is 0.600. The molecule has 3 radical (unpaired) electrons. The SMILES string of the molecule is CC1[C]N(CF)[C]=N1. The highest BCUT2D eigenvalue weighted by atomic mass is 19.1. The zero-order valence-corrected chi connectivity index (χ0v) is 4.56. The summed E-state index contributed by atoms with van der Waals surface area (Å²) < 4.78 is 11.6. The van der Waals surface area contributed by atoms with Gasteiger partial charge >= 0.3 is 0 Å². The summed E-state index contributed by atoms with van der Waals surface area (Å²) >= 11 is 0. The Hall–Kier alpha value is -0.600. The topological polar surface area (TPSA) is 15.6 Å². The lowest BCUT2D eigenvalue weighted by Gasteiger charge is -2.03. The van der Waals surface area contributed by atoms with Crippen molar-refractivity contribution in [2.75, 3.05) is 6.80 Å². The van der Waals surface area contributed by atoms with E-state index in [0.717, 1.165) is 0 Å². The van der Waals surface area contributed by atoms with E-state index in [2.05, 4.69) is 17.9 Å². The van der Waals surface area contributed by atoms with Gasteiger partial charge in [-0.25, -0.2) is 4.39 Å². The molecule has 0 amide bonds. The summed E-state index contributed by atoms with van der Waals surface area (Å²) in [5, 5.41) is 0. The third-order valence-corrected chi connectivity index (χ3v) is 0.834. The Bertz CT molecular complexity index is 103. The average Bonchev–Trinajstić information content (AvgIpc) is 2.14. The van der Waals surface area contributed by atoms with E-state index in [1.807, 2.05) is 6.92 Å². The molecule has 0 aromatic carbocycles. The summed E-state index contributed by atoms with van der Waals surface area (Å²) in [6.45, 7) is 3.93. The third kappa shape index (κ3) is 0.967. The lowest BCUT2D eigenvalue weighted by molar-refractivity contribution is 0.330. The molecule has 1 aliphatic rings. The smallest absolute Gasteiger partial charge is 0.170 e. The van der Waals surface area contributed by atoms with Crippen molar-refractivity contribution in [1.29, 1.82) is 0 Å². The number of hydrogen-bond acceptors (Lipinski definition) is 2. The summed E-state index contributed by atoms with van der Waals surface area (Å²) in [5.74, 6) is 0. The molecule has 1 unspecified atom stereocenters. The number of nitrogens with zero attached hydrogens (tertiary/aromatic N) is 2. The summed E-state index contributed by atoms with van der Waals surface area (Å²) in [6, 6.07) is -0.0225. The maximum atomic E-state index is 11.6.